The van der Waals surface area contributed by atoms with Gasteiger partial charge in [-0.25, -0.2) is 4.39 Å². The van der Waals surface area contributed by atoms with Gasteiger partial charge in [-0.1, -0.05) is 42.5 Å². The first kappa shape index (κ1) is 22.0. The number of anilines is 1. The Kier molecular flexibility index (Phi) is 7.35. The van der Waals surface area contributed by atoms with Crippen molar-refractivity contribution in [2.24, 2.45) is 5.73 Å². The fourth-order valence-corrected chi connectivity index (χ4v) is 3.21. The third-order valence-corrected chi connectivity index (χ3v) is 4.70. The lowest BCUT2D eigenvalue weighted by atomic mass is 10.0. The van der Waals surface area contributed by atoms with E-state index in [9.17, 15) is 14.0 Å². The molecule has 3 N–H and O–H groups in total. The Balaban J connectivity index is 1.63. The van der Waals surface area contributed by atoms with Gasteiger partial charge in [0.1, 0.15) is 17.6 Å². The molecule has 0 aliphatic carbocycles. The monoisotopic (exact) mass is 421 g/mol. The van der Waals surface area contributed by atoms with E-state index in [1.807, 2.05) is 36.4 Å². The minimum Gasteiger partial charge on any atom is -0.455 e. The van der Waals surface area contributed by atoms with Crippen molar-refractivity contribution in [1.29, 1.82) is 0 Å². The zero-order chi connectivity index (χ0) is 22.2. The summed E-state index contributed by atoms with van der Waals surface area (Å²) in [5, 5.41) is 2.84. The molecule has 0 bridgehead atoms. The van der Waals surface area contributed by atoms with Gasteiger partial charge in [0, 0.05) is 13.0 Å². The molecule has 0 spiro atoms. The van der Waals surface area contributed by atoms with Gasteiger partial charge in [-0.2, -0.15) is 0 Å². The van der Waals surface area contributed by atoms with E-state index in [4.69, 9.17) is 10.5 Å². The molecule has 31 heavy (non-hydrogen) atoms. The van der Waals surface area contributed by atoms with Crippen molar-refractivity contribution < 1.29 is 18.7 Å². The lowest BCUT2D eigenvalue weighted by Gasteiger charge is -2.25. The number of benzene rings is 3. The van der Waals surface area contributed by atoms with Crippen LogP contribution in [0.2, 0.25) is 0 Å². The molecule has 0 aromatic heterocycles. The number of amides is 2. The number of ether oxygens (including phenoxy) is 1. The molecule has 6 nitrogen and oxygen atoms in total. The van der Waals surface area contributed by atoms with Crippen LogP contribution in [-0.2, 0) is 9.59 Å². The molecule has 3 aromatic rings. The van der Waals surface area contributed by atoms with E-state index in [1.54, 1.807) is 36.2 Å². The number of carbonyl (C=O) groups is 2. The van der Waals surface area contributed by atoms with Crippen molar-refractivity contribution in [3.63, 3.8) is 0 Å². The highest BCUT2D eigenvalue weighted by Gasteiger charge is 2.23. The highest BCUT2D eigenvalue weighted by atomic mass is 19.1. The first-order valence-corrected chi connectivity index (χ1v) is 9.81. The maximum absolute atomic E-state index is 13.6. The number of hydrogen-bond acceptors (Lipinski definition) is 4. The third-order valence-electron chi connectivity index (χ3n) is 4.70. The maximum atomic E-state index is 13.6. The summed E-state index contributed by atoms with van der Waals surface area (Å²) in [5.74, 6) is -0.146. The Morgan fingerprint density at radius 3 is 2.45 bits per heavy atom. The zero-order valence-corrected chi connectivity index (χ0v) is 17.1. The minimum absolute atomic E-state index is 0.106. The Hall–Kier alpha value is -3.71. The van der Waals surface area contributed by atoms with Gasteiger partial charge in [-0.15, -0.1) is 0 Å². The highest BCUT2D eigenvalue weighted by molar-refractivity contribution is 5.92. The molecular formula is C24H24FN3O3. The SMILES string of the molecule is CN(CCC(=O)Nc1ccccc1Oc1ccccc1)C(C(N)=O)c1cccc(F)c1. The molecule has 0 radical (unpaired) electrons. The van der Waals surface area contributed by atoms with Crippen molar-refractivity contribution in [2.75, 3.05) is 18.9 Å². The topological polar surface area (TPSA) is 84.7 Å². The average molecular weight is 421 g/mol. The van der Waals surface area contributed by atoms with Crippen LogP contribution in [0, 0.1) is 5.82 Å². The number of nitrogens with two attached hydrogens (primary N) is 1. The zero-order valence-electron chi connectivity index (χ0n) is 17.1. The molecule has 0 saturated heterocycles. The van der Waals surface area contributed by atoms with Gasteiger partial charge in [-0.05, 0) is 49.0 Å². The number of halogens is 1. The number of nitrogens with zero attached hydrogens (tertiary/aromatic N) is 1. The van der Waals surface area contributed by atoms with Gasteiger partial charge in [0.2, 0.25) is 11.8 Å². The molecule has 0 saturated carbocycles. The summed E-state index contributed by atoms with van der Waals surface area (Å²) >= 11 is 0. The van der Waals surface area contributed by atoms with Crippen LogP contribution in [0.4, 0.5) is 10.1 Å². The van der Waals surface area contributed by atoms with Crippen LogP contribution in [0.25, 0.3) is 0 Å². The van der Waals surface area contributed by atoms with Gasteiger partial charge < -0.3 is 15.8 Å². The van der Waals surface area contributed by atoms with Crippen LogP contribution in [0.15, 0.2) is 78.9 Å². The molecule has 0 aliphatic heterocycles. The number of primary amides is 1. The van der Waals surface area contributed by atoms with Crippen LogP contribution < -0.4 is 15.8 Å². The summed E-state index contributed by atoms with van der Waals surface area (Å²) in [6.45, 7) is 0.248. The van der Waals surface area contributed by atoms with Gasteiger partial charge >= 0.3 is 0 Å². The van der Waals surface area contributed by atoms with E-state index < -0.39 is 17.8 Å². The smallest absolute Gasteiger partial charge is 0.239 e. The summed E-state index contributed by atoms with van der Waals surface area (Å²) in [4.78, 5) is 26.1. The summed E-state index contributed by atoms with van der Waals surface area (Å²) in [5.41, 5.74) is 6.50. The van der Waals surface area contributed by atoms with E-state index in [0.29, 0.717) is 22.7 Å². The second-order valence-electron chi connectivity index (χ2n) is 7.05. The first-order chi connectivity index (χ1) is 14.9. The highest BCUT2D eigenvalue weighted by Crippen LogP contribution is 2.29. The number of rotatable bonds is 9. The van der Waals surface area contributed by atoms with Crippen LogP contribution in [0.1, 0.15) is 18.0 Å². The largest absolute Gasteiger partial charge is 0.455 e. The lowest BCUT2D eigenvalue weighted by Crippen LogP contribution is -2.37. The molecule has 1 unspecified atom stereocenters. The van der Waals surface area contributed by atoms with Crippen LogP contribution in [0.3, 0.4) is 0 Å². The summed E-state index contributed by atoms with van der Waals surface area (Å²) in [7, 11) is 1.67. The fourth-order valence-electron chi connectivity index (χ4n) is 3.21. The maximum Gasteiger partial charge on any atom is 0.239 e. The molecule has 1 atom stereocenters. The third kappa shape index (κ3) is 6.13. The van der Waals surface area contributed by atoms with E-state index in [1.165, 1.54) is 18.2 Å². The minimum atomic E-state index is -0.836. The molecule has 3 aromatic carbocycles. The molecule has 0 heterocycles. The van der Waals surface area contributed by atoms with E-state index in [2.05, 4.69) is 5.32 Å². The molecule has 0 fully saturated rings. The van der Waals surface area contributed by atoms with Crippen molar-refractivity contribution >= 4 is 17.5 Å². The molecule has 7 heteroatoms. The van der Waals surface area contributed by atoms with E-state index >= 15 is 0 Å². The van der Waals surface area contributed by atoms with Crippen LogP contribution >= 0.6 is 0 Å². The Labute approximate surface area is 180 Å². The Morgan fingerprint density at radius 1 is 1.03 bits per heavy atom. The molecule has 0 aliphatic rings. The van der Waals surface area contributed by atoms with Gasteiger partial charge in [0.25, 0.3) is 0 Å². The van der Waals surface area contributed by atoms with Gasteiger partial charge in [0.05, 0.1) is 5.69 Å². The number of carbonyl (C=O) groups excluding carboxylic acids is 2. The normalized spacial score (nSPS) is 11.7. The van der Waals surface area contributed by atoms with E-state index in [0.717, 1.165) is 0 Å². The molecule has 160 valence electrons. The fraction of sp³-hybridized carbons (Fsp3) is 0.167. The average Bonchev–Trinajstić information content (AvgIpc) is 2.74. The van der Waals surface area contributed by atoms with Crippen molar-refractivity contribution in [2.45, 2.75) is 12.5 Å². The Morgan fingerprint density at radius 2 is 1.74 bits per heavy atom. The predicted octanol–water partition coefficient (Wildman–Crippen LogP) is 4.11. The number of likely N-dealkylation sites (N-methyl/N-ethyl adjacent to an activating group) is 1. The van der Waals surface area contributed by atoms with Crippen molar-refractivity contribution in [3.05, 3.63) is 90.2 Å². The quantitative estimate of drug-likeness (QED) is 0.545. The second-order valence-corrected chi connectivity index (χ2v) is 7.05. The van der Waals surface area contributed by atoms with Gasteiger partial charge in [-0.3, -0.25) is 14.5 Å². The summed E-state index contributed by atoms with van der Waals surface area (Å²) in [6.07, 6.45) is 0.106. The number of para-hydroxylation sites is 3. The molecule has 3 rings (SSSR count). The molecule has 2 amide bonds. The standard InChI is InChI=1S/C24H24FN3O3/c1-28(23(24(26)30)17-8-7-9-18(25)16-17)15-14-22(29)27-20-12-5-6-13-21(20)31-19-10-3-2-4-11-19/h2-13,16,23H,14-15H2,1H3,(H2,26,30)(H,27,29). The van der Waals surface area contributed by atoms with Crippen LogP contribution in [0.5, 0.6) is 11.5 Å². The van der Waals surface area contributed by atoms with Crippen molar-refractivity contribution in [1.82, 2.24) is 4.90 Å². The number of nitrogens with one attached hydrogen (secondary N) is 1. The lowest BCUT2D eigenvalue weighted by molar-refractivity contribution is -0.124. The van der Waals surface area contributed by atoms with Gasteiger partial charge in [0.15, 0.2) is 5.75 Å². The second kappa shape index (κ2) is 10.4. The summed E-state index contributed by atoms with van der Waals surface area (Å²) in [6, 6.07) is 21.3. The van der Waals surface area contributed by atoms with Crippen LogP contribution in [-0.4, -0.2) is 30.3 Å². The van der Waals surface area contributed by atoms with E-state index in [-0.39, 0.29) is 18.9 Å². The summed E-state index contributed by atoms with van der Waals surface area (Å²) < 4.78 is 19.4. The Bertz CT molecular complexity index is 1040. The first-order valence-electron chi connectivity index (χ1n) is 9.81. The molecular weight excluding hydrogens is 397 g/mol. The predicted molar refractivity (Wildman–Crippen MR) is 117 cm³/mol. The number of hydrogen-bond donors (Lipinski definition) is 2. The van der Waals surface area contributed by atoms with Crippen molar-refractivity contribution in [3.8, 4) is 11.5 Å².